The second-order valence-corrected chi connectivity index (χ2v) is 6.00. The minimum atomic E-state index is -0.0686. The van der Waals surface area contributed by atoms with E-state index in [0.29, 0.717) is 17.1 Å². The van der Waals surface area contributed by atoms with Crippen LogP contribution in [0.25, 0.3) is 0 Å². The van der Waals surface area contributed by atoms with Crippen LogP contribution < -0.4 is 16.0 Å². The van der Waals surface area contributed by atoms with Crippen molar-refractivity contribution in [2.24, 2.45) is 0 Å². The summed E-state index contributed by atoms with van der Waals surface area (Å²) in [7, 11) is 0. The number of carbonyl (C=O) groups is 1. The number of nitrogens with one attached hydrogen (secondary N) is 1. The predicted octanol–water partition coefficient (Wildman–Crippen LogP) is 2.09. The van der Waals surface area contributed by atoms with E-state index in [-0.39, 0.29) is 12.0 Å². The van der Waals surface area contributed by atoms with Gasteiger partial charge in [0, 0.05) is 19.6 Å². The Morgan fingerprint density at radius 2 is 2.40 bits per heavy atom. The molecule has 1 aromatic heterocycles. The molecule has 0 saturated carbocycles. The third kappa shape index (κ3) is 3.43. The molecular weight excluding hydrogens is 274 g/mol. The Hall–Kier alpha value is -1.27. The van der Waals surface area contributed by atoms with Gasteiger partial charge in [-0.3, -0.25) is 4.79 Å². The number of nitrogens with two attached hydrogens (primary N) is 1. The van der Waals surface area contributed by atoms with E-state index in [9.17, 15) is 4.79 Å². The molecule has 112 valence electrons. The van der Waals surface area contributed by atoms with E-state index in [1.807, 2.05) is 13.0 Å². The molecule has 1 amide bonds. The molecule has 0 aliphatic carbocycles. The Morgan fingerprint density at radius 3 is 3.10 bits per heavy atom. The molecule has 3 N–H and O–H groups in total. The lowest BCUT2D eigenvalue weighted by Gasteiger charge is -2.33. The molecule has 1 aliphatic heterocycles. The van der Waals surface area contributed by atoms with Crippen molar-refractivity contribution >= 4 is 27.9 Å². The summed E-state index contributed by atoms with van der Waals surface area (Å²) in [6, 6.07) is 1.91. The summed E-state index contributed by atoms with van der Waals surface area (Å²) < 4.78 is 5.67. The lowest BCUT2D eigenvalue weighted by Crippen LogP contribution is -2.41. The SMILES string of the molecule is CCCNC(=O)c1sc(N2CCOC(CC)C2)cc1N. The Kier molecular flexibility index (Phi) is 5.25. The van der Waals surface area contributed by atoms with Crippen molar-refractivity contribution in [3.05, 3.63) is 10.9 Å². The first-order valence-corrected chi connectivity index (χ1v) is 8.01. The van der Waals surface area contributed by atoms with Crippen LogP contribution in [0.3, 0.4) is 0 Å². The summed E-state index contributed by atoms with van der Waals surface area (Å²) in [5.74, 6) is -0.0686. The van der Waals surface area contributed by atoms with Gasteiger partial charge in [0.05, 0.1) is 23.4 Å². The van der Waals surface area contributed by atoms with Gasteiger partial charge in [-0.05, 0) is 18.9 Å². The molecule has 1 atom stereocenters. The number of hydrogen-bond acceptors (Lipinski definition) is 5. The van der Waals surface area contributed by atoms with Crippen molar-refractivity contribution in [2.45, 2.75) is 32.8 Å². The van der Waals surface area contributed by atoms with Crippen LogP contribution in [-0.2, 0) is 4.74 Å². The summed E-state index contributed by atoms with van der Waals surface area (Å²) in [5.41, 5.74) is 6.55. The standard InChI is InChI=1S/C14H23N3O2S/c1-3-5-16-14(18)13-11(15)8-12(20-13)17-6-7-19-10(4-2)9-17/h8,10H,3-7,9,15H2,1-2H3,(H,16,18). The van der Waals surface area contributed by atoms with E-state index in [1.54, 1.807) is 0 Å². The maximum absolute atomic E-state index is 12.0. The third-order valence-electron chi connectivity index (χ3n) is 3.40. The van der Waals surface area contributed by atoms with Crippen molar-refractivity contribution in [3.8, 4) is 0 Å². The zero-order valence-corrected chi connectivity index (χ0v) is 13.0. The number of ether oxygens (including phenoxy) is 1. The van der Waals surface area contributed by atoms with Crippen LogP contribution in [-0.4, -0.2) is 38.3 Å². The van der Waals surface area contributed by atoms with Crippen molar-refractivity contribution in [1.29, 1.82) is 0 Å². The molecule has 1 saturated heterocycles. The van der Waals surface area contributed by atoms with E-state index in [1.165, 1.54) is 11.3 Å². The Bertz CT molecular complexity index is 461. The van der Waals surface area contributed by atoms with E-state index in [0.717, 1.165) is 37.5 Å². The number of nitrogen functional groups attached to an aromatic ring is 1. The molecule has 1 fully saturated rings. The average molecular weight is 297 g/mol. The summed E-state index contributed by atoms with van der Waals surface area (Å²) in [5, 5.41) is 3.93. The molecule has 0 bridgehead atoms. The van der Waals surface area contributed by atoms with Crippen molar-refractivity contribution in [3.63, 3.8) is 0 Å². The van der Waals surface area contributed by atoms with Gasteiger partial charge in [0.2, 0.25) is 0 Å². The average Bonchev–Trinajstić information content (AvgIpc) is 2.87. The highest BCUT2D eigenvalue weighted by Gasteiger charge is 2.23. The van der Waals surface area contributed by atoms with Gasteiger partial charge in [0.1, 0.15) is 4.88 Å². The van der Waals surface area contributed by atoms with Crippen molar-refractivity contribution in [2.75, 3.05) is 36.9 Å². The van der Waals surface area contributed by atoms with Gasteiger partial charge in [-0.1, -0.05) is 13.8 Å². The fraction of sp³-hybridized carbons (Fsp3) is 0.643. The number of morpholine rings is 1. The maximum Gasteiger partial charge on any atom is 0.263 e. The number of thiophene rings is 1. The van der Waals surface area contributed by atoms with Gasteiger partial charge >= 0.3 is 0 Å². The molecule has 1 aliphatic rings. The van der Waals surface area contributed by atoms with Crippen LogP contribution >= 0.6 is 11.3 Å². The van der Waals surface area contributed by atoms with Crippen LogP contribution in [0.5, 0.6) is 0 Å². The molecule has 2 heterocycles. The van der Waals surface area contributed by atoms with E-state index in [2.05, 4.69) is 17.1 Å². The fourth-order valence-corrected chi connectivity index (χ4v) is 3.24. The highest BCUT2D eigenvalue weighted by molar-refractivity contribution is 7.18. The quantitative estimate of drug-likeness (QED) is 0.873. The molecule has 20 heavy (non-hydrogen) atoms. The molecule has 1 aromatic rings. The fourth-order valence-electron chi connectivity index (χ4n) is 2.21. The van der Waals surface area contributed by atoms with Crippen LogP contribution in [0, 0.1) is 0 Å². The van der Waals surface area contributed by atoms with Crippen LogP contribution in [0.4, 0.5) is 10.7 Å². The summed E-state index contributed by atoms with van der Waals surface area (Å²) in [6.07, 6.45) is 2.19. The first-order valence-electron chi connectivity index (χ1n) is 7.19. The zero-order chi connectivity index (χ0) is 14.5. The van der Waals surface area contributed by atoms with E-state index < -0.39 is 0 Å². The molecular formula is C14H23N3O2S. The number of carbonyl (C=O) groups excluding carboxylic acids is 1. The molecule has 0 radical (unpaired) electrons. The molecule has 0 aromatic carbocycles. The predicted molar refractivity (Wildman–Crippen MR) is 83.6 cm³/mol. The van der Waals surface area contributed by atoms with Gasteiger partial charge in [-0.15, -0.1) is 11.3 Å². The minimum Gasteiger partial charge on any atom is -0.397 e. The maximum atomic E-state index is 12.0. The minimum absolute atomic E-state index is 0.0686. The normalized spacial score (nSPS) is 19.1. The van der Waals surface area contributed by atoms with Gasteiger partial charge < -0.3 is 20.7 Å². The number of rotatable bonds is 5. The summed E-state index contributed by atoms with van der Waals surface area (Å²) >= 11 is 1.47. The number of nitrogens with zero attached hydrogens (tertiary/aromatic N) is 1. The molecule has 2 rings (SSSR count). The van der Waals surface area contributed by atoms with Crippen molar-refractivity contribution in [1.82, 2.24) is 5.32 Å². The van der Waals surface area contributed by atoms with E-state index in [4.69, 9.17) is 10.5 Å². The highest BCUT2D eigenvalue weighted by Crippen LogP contribution is 2.33. The smallest absolute Gasteiger partial charge is 0.263 e. The van der Waals surface area contributed by atoms with Crippen LogP contribution in [0.2, 0.25) is 0 Å². The second-order valence-electron chi connectivity index (χ2n) is 4.97. The highest BCUT2D eigenvalue weighted by atomic mass is 32.1. The topological polar surface area (TPSA) is 67.6 Å². The Balaban J connectivity index is 2.08. The van der Waals surface area contributed by atoms with Crippen LogP contribution in [0.15, 0.2) is 6.07 Å². The number of hydrogen-bond donors (Lipinski definition) is 2. The van der Waals surface area contributed by atoms with Gasteiger partial charge in [-0.25, -0.2) is 0 Å². The molecule has 1 unspecified atom stereocenters. The number of amides is 1. The molecule has 5 nitrogen and oxygen atoms in total. The molecule has 0 spiro atoms. The lowest BCUT2D eigenvalue weighted by molar-refractivity contribution is 0.0386. The lowest BCUT2D eigenvalue weighted by atomic mass is 10.2. The first kappa shape index (κ1) is 15.1. The molecule has 6 heteroatoms. The Labute approximate surface area is 124 Å². The van der Waals surface area contributed by atoms with Crippen molar-refractivity contribution < 1.29 is 9.53 Å². The van der Waals surface area contributed by atoms with Gasteiger partial charge in [0.25, 0.3) is 5.91 Å². The summed E-state index contributed by atoms with van der Waals surface area (Å²) in [4.78, 5) is 14.9. The zero-order valence-electron chi connectivity index (χ0n) is 12.1. The third-order valence-corrected chi connectivity index (χ3v) is 4.61. The van der Waals surface area contributed by atoms with Gasteiger partial charge in [0.15, 0.2) is 0 Å². The number of anilines is 2. The first-order chi connectivity index (χ1) is 9.65. The van der Waals surface area contributed by atoms with Crippen LogP contribution in [0.1, 0.15) is 36.4 Å². The second kappa shape index (κ2) is 6.95. The van der Waals surface area contributed by atoms with E-state index >= 15 is 0 Å². The largest absolute Gasteiger partial charge is 0.397 e. The Morgan fingerprint density at radius 1 is 1.60 bits per heavy atom. The van der Waals surface area contributed by atoms with Gasteiger partial charge in [-0.2, -0.15) is 0 Å². The summed E-state index contributed by atoms with van der Waals surface area (Å²) in [6.45, 7) is 7.29. The monoisotopic (exact) mass is 297 g/mol.